The molecule has 0 spiro atoms. The van der Waals surface area contributed by atoms with Gasteiger partial charge in [-0.15, -0.1) is 5.10 Å². The van der Waals surface area contributed by atoms with E-state index < -0.39 is 0 Å². The van der Waals surface area contributed by atoms with Gasteiger partial charge in [0.1, 0.15) is 5.71 Å². The molecule has 0 saturated carbocycles. The number of carbonyl (C=O) groups is 1. The Morgan fingerprint density at radius 1 is 0.643 bits per heavy atom. The van der Waals surface area contributed by atoms with Gasteiger partial charge in [-0.05, 0) is 10.8 Å². The number of rotatable bonds is 5. The smallest absolute Gasteiger partial charge is 0.213 e. The van der Waals surface area contributed by atoms with Crippen LogP contribution in [0, 0.1) is 0 Å². The fraction of sp³-hybridized carbons (Fsp3) is 0. The number of ketones is 1. The first-order valence-corrected chi connectivity index (χ1v) is 9.07. The maximum atomic E-state index is 13.0. The molecule has 0 unspecified atom stereocenters. The van der Waals surface area contributed by atoms with Crippen LogP contribution in [-0.4, -0.2) is 17.7 Å². The van der Waals surface area contributed by atoms with Gasteiger partial charge >= 0.3 is 0 Å². The van der Waals surface area contributed by atoms with Crippen LogP contribution in [0.15, 0.2) is 113 Å². The number of hydrogen-bond donors (Lipinski definition) is 0. The molecule has 4 rings (SSSR count). The van der Waals surface area contributed by atoms with Gasteiger partial charge in [-0.3, -0.25) is 4.79 Å². The zero-order chi connectivity index (χ0) is 19.2. The van der Waals surface area contributed by atoms with Crippen molar-refractivity contribution in [3.8, 4) is 0 Å². The summed E-state index contributed by atoms with van der Waals surface area (Å²) in [6.45, 7) is 0. The van der Waals surface area contributed by atoms with Crippen LogP contribution in [0.2, 0.25) is 0 Å². The van der Waals surface area contributed by atoms with E-state index in [0.29, 0.717) is 11.3 Å². The predicted octanol–water partition coefficient (Wildman–Crippen LogP) is 5.55. The molecule has 0 saturated heterocycles. The quantitative estimate of drug-likeness (QED) is 0.261. The van der Waals surface area contributed by atoms with Crippen LogP contribution in [0.1, 0.15) is 21.5 Å². The third-order valence-corrected chi connectivity index (χ3v) is 4.48. The second-order valence-electron chi connectivity index (χ2n) is 6.32. The van der Waals surface area contributed by atoms with E-state index in [9.17, 15) is 4.79 Å². The maximum Gasteiger partial charge on any atom is 0.213 e. The van der Waals surface area contributed by atoms with Crippen molar-refractivity contribution in [2.75, 3.05) is 0 Å². The van der Waals surface area contributed by atoms with Crippen LogP contribution in [0.3, 0.4) is 0 Å². The van der Waals surface area contributed by atoms with E-state index in [0.717, 1.165) is 21.9 Å². The van der Waals surface area contributed by atoms with E-state index in [2.05, 4.69) is 22.3 Å². The minimum Gasteiger partial charge on any atom is -0.287 e. The Kier molecular flexibility index (Phi) is 5.16. The first-order chi connectivity index (χ1) is 13.8. The van der Waals surface area contributed by atoms with E-state index >= 15 is 0 Å². The highest BCUT2D eigenvalue weighted by Crippen LogP contribution is 2.17. The summed E-state index contributed by atoms with van der Waals surface area (Å²) in [5.74, 6) is -0.151. The van der Waals surface area contributed by atoms with Gasteiger partial charge in [0.2, 0.25) is 5.78 Å². The van der Waals surface area contributed by atoms with Gasteiger partial charge in [-0.25, -0.2) is 0 Å². The van der Waals surface area contributed by atoms with E-state index in [4.69, 9.17) is 0 Å². The fourth-order valence-corrected chi connectivity index (χ4v) is 3.07. The summed E-state index contributed by atoms with van der Waals surface area (Å²) in [4.78, 5) is 13.0. The molecule has 0 atom stereocenters. The molecule has 4 aromatic rings. The molecule has 0 fully saturated rings. The summed E-state index contributed by atoms with van der Waals surface area (Å²) in [5.41, 5.74) is 2.61. The number of nitrogens with zero attached hydrogens (tertiary/aromatic N) is 2. The molecule has 0 N–H and O–H groups in total. The van der Waals surface area contributed by atoms with Crippen molar-refractivity contribution in [1.29, 1.82) is 0 Å². The van der Waals surface area contributed by atoms with E-state index in [1.54, 1.807) is 18.3 Å². The van der Waals surface area contributed by atoms with Gasteiger partial charge in [-0.2, -0.15) is 5.10 Å². The minimum atomic E-state index is -0.151. The molecule has 28 heavy (non-hydrogen) atoms. The summed E-state index contributed by atoms with van der Waals surface area (Å²) in [5, 5.41) is 10.8. The summed E-state index contributed by atoms with van der Waals surface area (Å²) >= 11 is 0. The number of carbonyl (C=O) groups excluding carboxylic acids is 1. The van der Waals surface area contributed by atoms with Gasteiger partial charge in [0, 0.05) is 16.7 Å². The van der Waals surface area contributed by atoms with Crippen molar-refractivity contribution in [2.24, 2.45) is 10.2 Å². The van der Waals surface area contributed by atoms with Crippen molar-refractivity contribution in [2.45, 2.75) is 0 Å². The Labute approximate surface area is 163 Å². The maximum absolute atomic E-state index is 13.0. The largest absolute Gasteiger partial charge is 0.287 e. The van der Waals surface area contributed by atoms with Crippen molar-refractivity contribution < 1.29 is 4.79 Å². The number of fused-ring (bicyclic) bond motifs is 1. The molecular weight excluding hydrogens is 344 g/mol. The predicted molar refractivity (Wildman–Crippen MR) is 115 cm³/mol. The van der Waals surface area contributed by atoms with E-state index in [1.165, 1.54) is 0 Å². The minimum absolute atomic E-state index is 0.151. The highest BCUT2D eigenvalue weighted by Gasteiger charge is 2.16. The van der Waals surface area contributed by atoms with Crippen molar-refractivity contribution >= 4 is 28.5 Å². The van der Waals surface area contributed by atoms with Gasteiger partial charge in [0.25, 0.3) is 0 Å². The molecule has 0 radical (unpaired) electrons. The summed E-state index contributed by atoms with van der Waals surface area (Å²) in [6.07, 6.45) is 1.70. The molecule has 0 heterocycles. The Balaban J connectivity index is 1.73. The average Bonchev–Trinajstić information content (AvgIpc) is 2.77. The summed E-state index contributed by atoms with van der Waals surface area (Å²) < 4.78 is 0. The number of hydrogen-bond acceptors (Lipinski definition) is 3. The van der Waals surface area contributed by atoms with E-state index in [-0.39, 0.29) is 5.78 Å². The zero-order valence-corrected chi connectivity index (χ0v) is 15.2. The highest BCUT2D eigenvalue weighted by molar-refractivity contribution is 6.51. The Bertz CT molecular complexity index is 1160. The molecule has 0 aromatic heterocycles. The molecule has 4 aromatic carbocycles. The summed E-state index contributed by atoms with van der Waals surface area (Å²) in [7, 11) is 0. The first kappa shape index (κ1) is 17.6. The lowest BCUT2D eigenvalue weighted by Crippen LogP contribution is -2.15. The molecular formula is C25H18N2O. The van der Waals surface area contributed by atoms with Gasteiger partial charge < -0.3 is 0 Å². The molecule has 134 valence electrons. The van der Waals surface area contributed by atoms with Gasteiger partial charge in [-0.1, -0.05) is 103 Å². The van der Waals surface area contributed by atoms with Crippen LogP contribution in [-0.2, 0) is 0 Å². The molecule has 0 aliphatic carbocycles. The number of benzene rings is 4. The van der Waals surface area contributed by atoms with Crippen molar-refractivity contribution in [3.63, 3.8) is 0 Å². The Morgan fingerprint density at radius 3 is 2.00 bits per heavy atom. The lowest BCUT2D eigenvalue weighted by atomic mass is 10.0. The normalized spacial score (nSPS) is 11.8. The SMILES string of the molecule is O=C(/C(=N/N=C\c1cccc2ccccc12)c1ccccc1)c1ccccc1. The monoisotopic (exact) mass is 362 g/mol. The van der Waals surface area contributed by atoms with Crippen LogP contribution in [0.25, 0.3) is 10.8 Å². The molecule has 3 heteroatoms. The van der Waals surface area contributed by atoms with Gasteiger partial charge in [0.05, 0.1) is 6.21 Å². The fourth-order valence-electron chi connectivity index (χ4n) is 3.07. The second-order valence-corrected chi connectivity index (χ2v) is 6.32. The van der Waals surface area contributed by atoms with Gasteiger partial charge in [0.15, 0.2) is 0 Å². The highest BCUT2D eigenvalue weighted by atomic mass is 16.1. The van der Waals surface area contributed by atoms with Crippen LogP contribution < -0.4 is 0 Å². The topological polar surface area (TPSA) is 41.8 Å². The molecule has 3 nitrogen and oxygen atoms in total. The lowest BCUT2D eigenvalue weighted by molar-refractivity contribution is 0.106. The molecule has 0 aliphatic heterocycles. The Hall–Kier alpha value is -3.85. The molecule has 0 bridgehead atoms. The number of Topliss-reactive ketones (excluding diaryl/α,β-unsaturated/α-hetero) is 1. The lowest BCUT2D eigenvalue weighted by Gasteiger charge is -2.05. The molecule has 0 amide bonds. The standard InChI is InChI=1S/C25H18N2O/c28-25(21-13-5-2-6-14-21)24(20-11-3-1-4-12-20)27-26-18-22-16-9-15-19-10-7-8-17-23(19)22/h1-18H/b26-18-,27-24+. The van der Waals surface area contributed by atoms with Crippen LogP contribution in [0.4, 0.5) is 0 Å². The van der Waals surface area contributed by atoms with Crippen LogP contribution in [0.5, 0.6) is 0 Å². The first-order valence-electron chi connectivity index (χ1n) is 9.07. The van der Waals surface area contributed by atoms with Crippen molar-refractivity contribution in [1.82, 2.24) is 0 Å². The third kappa shape index (κ3) is 3.79. The Morgan fingerprint density at radius 2 is 1.25 bits per heavy atom. The van der Waals surface area contributed by atoms with E-state index in [1.807, 2.05) is 78.9 Å². The van der Waals surface area contributed by atoms with Crippen LogP contribution >= 0.6 is 0 Å². The average molecular weight is 362 g/mol. The second kappa shape index (κ2) is 8.23. The third-order valence-electron chi connectivity index (χ3n) is 4.48. The zero-order valence-electron chi connectivity index (χ0n) is 15.2. The summed E-state index contributed by atoms with van der Waals surface area (Å²) in [6, 6.07) is 32.7. The molecule has 0 aliphatic rings. The van der Waals surface area contributed by atoms with Crippen molar-refractivity contribution in [3.05, 3.63) is 120 Å².